The summed E-state index contributed by atoms with van der Waals surface area (Å²) in [7, 11) is 0. The molecule has 0 atom stereocenters. The van der Waals surface area contributed by atoms with Crippen molar-refractivity contribution in [3.8, 4) is 11.1 Å². The predicted molar refractivity (Wildman–Crippen MR) is 563 cm³/mol. The van der Waals surface area contributed by atoms with Gasteiger partial charge in [-0.3, -0.25) is 0 Å². The molecule has 132 heavy (non-hydrogen) atoms. The summed E-state index contributed by atoms with van der Waals surface area (Å²) in [6.45, 7) is 50.4. The molecule has 0 N–H and O–H groups in total. The number of esters is 1. The lowest BCUT2D eigenvalue weighted by Gasteiger charge is -2.38. The van der Waals surface area contributed by atoms with Crippen molar-refractivity contribution in [2.45, 2.75) is 219 Å². The van der Waals surface area contributed by atoms with Gasteiger partial charge < -0.3 is 4.74 Å². The smallest absolute Gasteiger partial charge is 0.340 e. The largest absolute Gasteiger partial charge is 0.441 e. The maximum Gasteiger partial charge on any atom is 0.340 e. The molecule has 0 radical (unpaired) electrons. The van der Waals surface area contributed by atoms with Gasteiger partial charge in [-0.2, -0.15) is 0 Å². The summed E-state index contributed by atoms with van der Waals surface area (Å²) >= 11 is 0. The van der Waals surface area contributed by atoms with Gasteiger partial charge in [0.05, 0.1) is 11.0 Å². The molecule has 0 bridgehead atoms. The van der Waals surface area contributed by atoms with E-state index in [1.807, 2.05) is 48.5 Å². The Hall–Kier alpha value is -13.0. The molecule has 1 aliphatic heterocycles. The predicted octanol–water partition coefficient (Wildman–Crippen LogP) is 33.7. The molecule has 670 valence electrons. The van der Waals surface area contributed by atoms with E-state index in [1.54, 1.807) is 0 Å². The van der Waals surface area contributed by atoms with E-state index in [0.717, 1.165) is 16.7 Å². The second kappa shape index (κ2) is 42.0. The third kappa shape index (κ3) is 21.1. The fraction of sp³-hybridized carbons (Fsp3) is 0.254. The van der Waals surface area contributed by atoms with Crippen molar-refractivity contribution in [1.82, 2.24) is 0 Å². The Morgan fingerprint density at radius 3 is 0.773 bits per heavy atom. The molecule has 2 heteroatoms. The van der Waals surface area contributed by atoms with E-state index in [1.165, 1.54) is 216 Å². The zero-order valence-electron chi connectivity index (χ0n) is 82.9. The van der Waals surface area contributed by atoms with Crippen LogP contribution in [0.4, 0.5) is 0 Å². The SMILES string of the molecule is Cc1cc(-c2cc(C)c(C)c(C)c2)cc(C)c1C.Cc1cc(C(C)(C)c2cc(C)c(C)c(C)c2)cc(C)c1C.Cc1ccc(C(C)(c2ccccc2)c2ccc(C)cc2)cc1.Cc1ccc(C(c2ccccc2)(c2ccccc2)c2ccc(C)cc2)cc1.Cc1ccc(C2(c3ccc(C)cc3)CCCCC2)cc1.Cc1ccc(C2(c3ccc(C)cc3)OC(=O)c3ccccc32)cc1. The average Bonchev–Trinajstić information content (AvgIpc) is 1.62. The quantitative estimate of drug-likeness (QED) is 0.0801. The summed E-state index contributed by atoms with van der Waals surface area (Å²) in [5.41, 5.74) is 46.9. The molecule has 1 heterocycles. The second-order valence-corrected chi connectivity index (χ2v) is 38.7. The fourth-order valence-electron chi connectivity index (χ4n) is 19.4. The molecular weight excluding hydrogens is 1590 g/mol. The van der Waals surface area contributed by atoms with Crippen LogP contribution in [0.25, 0.3) is 11.1 Å². The van der Waals surface area contributed by atoms with Crippen LogP contribution in [0.1, 0.15) is 252 Å². The molecule has 0 spiro atoms. The number of carbonyl (C=O) groups is 1. The number of fused-ring (bicyclic) bond motifs is 1. The van der Waals surface area contributed by atoms with Crippen LogP contribution in [0.5, 0.6) is 0 Å². The molecule has 18 rings (SSSR count). The lowest BCUT2D eigenvalue weighted by atomic mass is 9.65. The molecule has 1 saturated carbocycles. The summed E-state index contributed by atoms with van der Waals surface area (Å²) in [5, 5.41) is 0. The first-order valence-corrected chi connectivity index (χ1v) is 47.6. The van der Waals surface area contributed by atoms with E-state index < -0.39 is 5.60 Å². The zero-order chi connectivity index (χ0) is 94.4. The van der Waals surface area contributed by atoms with E-state index in [9.17, 15) is 4.79 Å². The van der Waals surface area contributed by atoms with Gasteiger partial charge in [0.1, 0.15) is 0 Å². The first-order chi connectivity index (χ1) is 63.2. The van der Waals surface area contributed by atoms with Crippen LogP contribution in [0.3, 0.4) is 0 Å². The number of hydrogen-bond donors (Lipinski definition) is 0. The van der Waals surface area contributed by atoms with Crippen molar-refractivity contribution >= 4 is 5.97 Å². The van der Waals surface area contributed by atoms with Crippen molar-refractivity contribution in [2.75, 3.05) is 0 Å². The molecule has 2 nitrogen and oxygen atoms in total. The standard InChI is InChI=1S/C27H24.C22H18O2.C22H22.C21H28.C20H24.C18H22/c1-21-13-17-25(18-14-21)27(23-9-5-3-6-10-23,24-11-7-4-8-12-24)26-19-15-22(2)16-20-26;1-15-7-11-17(12-8-15)22(18-13-9-16(2)10-14-18)20-6-4-3-5-19(20)21(23)24-22;1-17-9-13-20(14-10-17)22(3,19-7-5-4-6-8-19)21-15-11-18(2)12-16-21;1-13-9-19(10-14(2)17(13)5)21(7,8)20-11-15(3)18(6)16(4)12-20;1-16-6-10-18(11-7-16)20(14-4-3-5-15-20)19-12-8-17(2)9-13-19;1-11-7-17(8-12(2)15(11)5)18-9-13(3)16(6)14(4)10-18/h3-20H,1-2H3;3-14H,1-2H3;4-16H,1-3H3;9-12H,1-8H3;6-13H,3-5,14-15H2,1-2H3;7-10H,1-6H3. The van der Waals surface area contributed by atoms with Crippen LogP contribution in [0.2, 0.25) is 0 Å². The molecule has 16 aromatic rings. The molecular formula is C130H138O2. The maximum atomic E-state index is 12.5. The maximum absolute atomic E-state index is 12.5. The summed E-state index contributed by atoms with van der Waals surface area (Å²) in [4.78, 5) is 12.5. The van der Waals surface area contributed by atoms with Crippen molar-refractivity contribution in [3.05, 3.63) is 553 Å². The average molecular weight is 1730 g/mol. The van der Waals surface area contributed by atoms with E-state index >= 15 is 0 Å². The van der Waals surface area contributed by atoms with E-state index in [-0.39, 0.29) is 27.6 Å². The Morgan fingerprint density at radius 1 is 0.235 bits per heavy atom. The van der Waals surface area contributed by atoms with E-state index in [2.05, 4.69) is 469 Å². The first-order valence-electron chi connectivity index (χ1n) is 47.6. The van der Waals surface area contributed by atoms with Gasteiger partial charge in [-0.15, -0.1) is 0 Å². The molecule has 1 fully saturated rings. The van der Waals surface area contributed by atoms with Gasteiger partial charge in [0, 0.05) is 32.9 Å². The minimum absolute atomic E-state index is 0.0342. The highest BCUT2D eigenvalue weighted by Crippen LogP contribution is 2.50. The number of rotatable bonds is 14. The van der Waals surface area contributed by atoms with Gasteiger partial charge in [0.15, 0.2) is 5.60 Å². The topological polar surface area (TPSA) is 26.3 Å². The zero-order valence-corrected chi connectivity index (χ0v) is 82.9. The number of ether oxygens (including phenoxy) is 1. The summed E-state index contributed by atoms with van der Waals surface area (Å²) < 4.78 is 6.03. The minimum atomic E-state index is -0.880. The van der Waals surface area contributed by atoms with Crippen molar-refractivity contribution in [2.24, 2.45) is 0 Å². The molecule has 16 aromatic carbocycles. The van der Waals surface area contributed by atoms with Crippen molar-refractivity contribution in [3.63, 3.8) is 0 Å². The Labute approximate surface area is 792 Å². The normalized spacial score (nSPS) is 13.0. The van der Waals surface area contributed by atoms with E-state index in [0.29, 0.717) is 5.56 Å². The lowest BCUT2D eigenvalue weighted by Crippen LogP contribution is -2.31. The Kier molecular flexibility index (Phi) is 30.7. The fourth-order valence-corrected chi connectivity index (χ4v) is 19.4. The number of cyclic esters (lactones) is 1. The highest BCUT2D eigenvalue weighted by atomic mass is 16.6. The van der Waals surface area contributed by atoms with Crippen LogP contribution in [0, 0.1) is 138 Å². The highest BCUT2D eigenvalue weighted by molar-refractivity contribution is 5.96. The number of carbonyl (C=O) groups excluding carboxylic acids is 1. The van der Waals surface area contributed by atoms with Crippen LogP contribution in [-0.2, 0) is 32.0 Å². The molecule has 0 amide bonds. The summed E-state index contributed by atoms with van der Waals surface area (Å²) in [6.07, 6.45) is 6.67. The van der Waals surface area contributed by atoms with Crippen LogP contribution >= 0.6 is 0 Å². The Bertz CT molecular complexity index is 6130. The number of hydrogen-bond acceptors (Lipinski definition) is 2. The second-order valence-electron chi connectivity index (χ2n) is 38.7. The molecule has 0 aromatic heterocycles. The van der Waals surface area contributed by atoms with Crippen LogP contribution in [-0.4, -0.2) is 5.97 Å². The summed E-state index contributed by atoms with van der Waals surface area (Å²) in [5.74, 6) is -0.272. The number of aryl methyl sites for hydroxylation is 16. The molecule has 0 saturated heterocycles. The monoisotopic (exact) mass is 1730 g/mol. The van der Waals surface area contributed by atoms with Gasteiger partial charge in [0.25, 0.3) is 0 Å². The highest BCUT2D eigenvalue weighted by Gasteiger charge is 2.49. The third-order valence-electron chi connectivity index (χ3n) is 29.1. The van der Waals surface area contributed by atoms with Gasteiger partial charge >= 0.3 is 5.97 Å². The Morgan fingerprint density at radius 2 is 0.470 bits per heavy atom. The van der Waals surface area contributed by atoms with Crippen LogP contribution in [0.15, 0.2) is 358 Å². The van der Waals surface area contributed by atoms with Crippen molar-refractivity contribution < 1.29 is 9.53 Å². The molecule has 0 unspecified atom stereocenters. The van der Waals surface area contributed by atoms with Crippen LogP contribution < -0.4 is 0 Å². The van der Waals surface area contributed by atoms with Gasteiger partial charge in [-0.1, -0.05) is 429 Å². The van der Waals surface area contributed by atoms with Gasteiger partial charge in [-0.05, 0) is 303 Å². The molecule has 2 aliphatic rings. The number of benzene rings is 16. The van der Waals surface area contributed by atoms with Gasteiger partial charge in [0.2, 0.25) is 0 Å². The lowest BCUT2D eigenvalue weighted by molar-refractivity contribution is 0.0251. The van der Waals surface area contributed by atoms with Gasteiger partial charge in [-0.25, -0.2) is 4.79 Å². The third-order valence-corrected chi connectivity index (χ3v) is 29.1. The summed E-state index contributed by atoms with van der Waals surface area (Å²) in [6, 6.07) is 129. The van der Waals surface area contributed by atoms with Crippen molar-refractivity contribution in [1.29, 1.82) is 0 Å². The Balaban J connectivity index is 0.000000135. The van der Waals surface area contributed by atoms with E-state index in [4.69, 9.17) is 4.74 Å². The first kappa shape index (κ1) is 96.5. The minimum Gasteiger partial charge on any atom is -0.441 e. The molecule has 1 aliphatic carbocycles.